The van der Waals surface area contributed by atoms with Gasteiger partial charge in [0, 0.05) is 5.02 Å². The Morgan fingerprint density at radius 1 is 0.882 bits per heavy atom. The zero-order valence-corrected chi connectivity index (χ0v) is 11.3. The molecule has 0 aliphatic carbocycles. The lowest BCUT2D eigenvalue weighted by Crippen LogP contribution is -2.12. The van der Waals surface area contributed by atoms with Gasteiger partial charge < -0.3 is 0 Å². The average Bonchev–Trinajstić information content (AvgIpc) is 2.28. The van der Waals surface area contributed by atoms with Crippen LogP contribution in [0.25, 0.3) is 11.1 Å². The Kier molecular flexibility index (Phi) is 3.26. The second-order valence-corrected chi connectivity index (χ2v) is 5.74. The molecular formula is C16H17Cl. The molecule has 2 rings (SSSR count). The van der Waals surface area contributed by atoms with Crippen molar-refractivity contribution in [3.05, 3.63) is 59.1 Å². The van der Waals surface area contributed by atoms with Gasteiger partial charge in [0.05, 0.1) is 0 Å². The number of halogens is 1. The molecule has 0 aliphatic heterocycles. The molecule has 0 heterocycles. The largest absolute Gasteiger partial charge is 0.0843 e. The summed E-state index contributed by atoms with van der Waals surface area (Å²) in [5, 5.41) is 0.789. The fourth-order valence-electron chi connectivity index (χ4n) is 2.03. The van der Waals surface area contributed by atoms with Crippen LogP contribution in [-0.4, -0.2) is 0 Å². The summed E-state index contributed by atoms with van der Waals surface area (Å²) in [5.74, 6) is 0. The van der Waals surface area contributed by atoms with E-state index in [-0.39, 0.29) is 5.41 Å². The summed E-state index contributed by atoms with van der Waals surface area (Å²) in [7, 11) is 0. The molecule has 88 valence electrons. The molecule has 0 radical (unpaired) electrons. The molecule has 0 aromatic heterocycles. The highest BCUT2D eigenvalue weighted by molar-refractivity contribution is 6.30. The van der Waals surface area contributed by atoms with Crippen LogP contribution in [0.5, 0.6) is 0 Å². The smallest absolute Gasteiger partial charge is 0.0412 e. The number of hydrogen-bond acceptors (Lipinski definition) is 0. The number of rotatable bonds is 1. The topological polar surface area (TPSA) is 0 Å². The van der Waals surface area contributed by atoms with Gasteiger partial charge in [0.1, 0.15) is 0 Å². The summed E-state index contributed by atoms with van der Waals surface area (Å²) >= 11 is 6.12. The van der Waals surface area contributed by atoms with Gasteiger partial charge >= 0.3 is 0 Å². The maximum Gasteiger partial charge on any atom is 0.0412 e. The minimum absolute atomic E-state index is 0.121. The third kappa shape index (κ3) is 2.70. The zero-order chi connectivity index (χ0) is 12.5. The molecule has 1 heteroatoms. The maximum atomic E-state index is 6.12. The van der Waals surface area contributed by atoms with Crippen molar-refractivity contribution in [2.45, 2.75) is 26.2 Å². The minimum Gasteiger partial charge on any atom is -0.0843 e. The first-order valence-electron chi connectivity index (χ1n) is 5.84. The Labute approximate surface area is 108 Å². The second-order valence-electron chi connectivity index (χ2n) is 5.31. The average molecular weight is 245 g/mol. The molecule has 0 aliphatic rings. The van der Waals surface area contributed by atoms with Crippen molar-refractivity contribution < 1.29 is 0 Å². The van der Waals surface area contributed by atoms with E-state index in [9.17, 15) is 0 Å². The molecule has 0 saturated carbocycles. The highest BCUT2D eigenvalue weighted by Gasteiger charge is 2.18. The van der Waals surface area contributed by atoms with Crippen molar-refractivity contribution in [3.63, 3.8) is 0 Å². The third-order valence-corrected chi connectivity index (χ3v) is 3.11. The summed E-state index contributed by atoms with van der Waals surface area (Å²) in [4.78, 5) is 0. The first-order valence-corrected chi connectivity index (χ1v) is 6.22. The lowest BCUT2D eigenvalue weighted by Gasteiger charge is -2.23. The fraction of sp³-hybridized carbons (Fsp3) is 0.250. The van der Waals surface area contributed by atoms with Crippen molar-refractivity contribution in [1.82, 2.24) is 0 Å². The lowest BCUT2D eigenvalue weighted by atomic mass is 9.82. The highest BCUT2D eigenvalue weighted by Crippen LogP contribution is 2.34. The normalized spacial score (nSPS) is 11.5. The Morgan fingerprint density at radius 2 is 1.53 bits per heavy atom. The van der Waals surface area contributed by atoms with E-state index in [1.807, 2.05) is 12.1 Å². The molecule has 2 aromatic carbocycles. The van der Waals surface area contributed by atoms with Crippen molar-refractivity contribution in [3.8, 4) is 11.1 Å². The van der Waals surface area contributed by atoms with E-state index in [4.69, 9.17) is 11.6 Å². The van der Waals surface area contributed by atoms with Gasteiger partial charge in [-0.15, -0.1) is 0 Å². The van der Waals surface area contributed by atoms with Crippen LogP contribution in [0.1, 0.15) is 26.3 Å². The molecule has 0 saturated heterocycles. The van der Waals surface area contributed by atoms with Crippen molar-refractivity contribution >= 4 is 11.6 Å². The minimum atomic E-state index is 0.121. The molecule has 2 aromatic rings. The molecule has 0 fully saturated rings. The molecule has 0 bridgehead atoms. The predicted molar refractivity (Wildman–Crippen MR) is 75.6 cm³/mol. The van der Waals surface area contributed by atoms with Crippen molar-refractivity contribution in [2.24, 2.45) is 0 Å². The summed E-state index contributed by atoms with van der Waals surface area (Å²) in [6.45, 7) is 6.67. The lowest BCUT2D eigenvalue weighted by molar-refractivity contribution is 0.592. The van der Waals surface area contributed by atoms with Crippen LogP contribution in [0.4, 0.5) is 0 Å². The van der Waals surface area contributed by atoms with E-state index in [2.05, 4.69) is 57.2 Å². The van der Waals surface area contributed by atoms with Crippen LogP contribution < -0.4 is 0 Å². The molecule has 0 unspecified atom stereocenters. The molecular weight excluding hydrogens is 228 g/mol. The van der Waals surface area contributed by atoms with Crippen LogP contribution in [0.3, 0.4) is 0 Å². The summed E-state index contributed by atoms with van der Waals surface area (Å²) < 4.78 is 0. The second kappa shape index (κ2) is 4.54. The van der Waals surface area contributed by atoms with Crippen molar-refractivity contribution in [1.29, 1.82) is 0 Å². The van der Waals surface area contributed by atoms with Gasteiger partial charge in [-0.1, -0.05) is 68.8 Å². The van der Waals surface area contributed by atoms with Crippen LogP contribution >= 0.6 is 11.6 Å². The van der Waals surface area contributed by atoms with E-state index in [1.54, 1.807) is 0 Å². The van der Waals surface area contributed by atoms with Gasteiger partial charge in [-0.05, 0) is 34.2 Å². The van der Waals surface area contributed by atoms with Gasteiger partial charge in [-0.2, -0.15) is 0 Å². The first kappa shape index (κ1) is 12.2. The molecule has 0 amide bonds. The Hall–Kier alpha value is -1.27. The molecule has 0 spiro atoms. The molecule has 0 N–H and O–H groups in total. The Morgan fingerprint density at radius 3 is 2.12 bits per heavy atom. The quantitative estimate of drug-likeness (QED) is 0.638. The van der Waals surface area contributed by atoms with Crippen LogP contribution in [0.2, 0.25) is 5.02 Å². The summed E-state index contributed by atoms with van der Waals surface area (Å²) in [5.41, 5.74) is 3.90. The van der Waals surface area contributed by atoms with Gasteiger partial charge in [-0.25, -0.2) is 0 Å². The molecule has 17 heavy (non-hydrogen) atoms. The number of benzene rings is 2. The monoisotopic (exact) mass is 244 g/mol. The third-order valence-electron chi connectivity index (χ3n) is 2.87. The fourth-order valence-corrected chi connectivity index (χ4v) is 2.20. The highest BCUT2D eigenvalue weighted by atomic mass is 35.5. The van der Waals surface area contributed by atoms with Gasteiger partial charge in [0.2, 0.25) is 0 Å². The van der Waals surface area contributed by atoms with Crippen LogP contribution in [0.15, 0.2) is 48.5 Å². The summed E-state index contributed by atoms with van der Waals surface area (Å²) in [6, 6.07) is 16.6. The van der Waals surface area contributed by atoms with E-state index < -0.39 is 0 Å². The van der Waals surface area contributed by atoms with Crippen LogP contribution in [-0.2, 0) is 5.41 Å². The van der Waals surface area contributed by atoms with Gasteiger partial charge in [0.15, 0.2) is 0 Å². The maximum absolute atomic E-state index is 6.12. The van der Waals surface area contributed by atoms with Gasteiger partial charge in [-0.3, -0.25) is 0 Å². The van der Waals surface area contributed by atoms with Gasteiger partial charge in [0.25, 0.3) is 0 Å². The summed E-state index contributed by atoms with van der Waals surface area (Å²) in [6.07, 6.45) is 0. The van der Waals surface area contributed by atoms with Crippen LogP contribution in [0, 0.1) is 0 Å². The molecule has 0 atom stereocenters. The Balaban J connectivity index is 2.64. The van der Waals surface area contributed by atoms with E-state index in [0.717, 1.165) is 5.02 Å². The first-order chi connectivity index (χ1) is 7.98. The standard InChI is InChI=1S/C16H17Cl/c1-16(2,3)15-10-9-13(17)11-14(15)12-7-5-4-6-8-12/h4-11H,1-3H3. The zero-order valence-electron chi connectivity index (χ0n) is 10.5. The van der Waals surface area contributed by atoms with E-state index in [0.29, 0.717) is 0 Å². The number of hydrogen-bond donors (Lipinski definition) is 0. The van der Waals surface area contributed by atoms with E-state index >= 15 is 0 Å². The SMILES string of the molecule is CC(C)(C)c1ccc(Cl)cc1-c1ccccc1. The van der Waals surface area contributed by atoms with Crippen molar-refractivity contribution in [2.75, 3.05) is 0 Å². The van der Waals surface area contributed by atoms with E-state index in [1.165, 1.54) is 16.7 Å². The predicted octanol–water partition coefficient (Wildman–Crippen LogP) is 5.30. The Bertz CT molecular complexity index is 507. The molecule has 0 nitrogen and oxygen atoms in total.